The molecule has 23 heavy (non-hydrogen) atoms. The summed E-state index contributed by atoms with van der Waals surface area (Å²) in [7, 11) is 0. The van der Waals surface area contributed by atoms with Crippen molar-refractivity contribution in [1.82, 2.24) is 9.88 Å². The molecular formula is C20H22N2O. The Hall–Kier alpha value is -2.55. The van der Waals surface area contributed by atoms with Gasteiger partial charge in [-0.2, -0.15) is 0 Å². The molecule has 1 amide bonds. The van der Waals surface area contributed by atoms with E-state index in [1.54, 1.807) is 0 Å². The van der Waals surface area contributed by atoms with Gasteiger partial charge in [-0.05, 0) is 50.1 Å². The summed E-state index contributed by atoms with van der Waals surface area (Å²) in [6.45, 7) is 7.89. The van der Waals surface area contributed by atoms with Gasteiger partial charge in [0.15, 0.2) is 0 Å². The molecule has 0 saturated heterocycles. The average molecular weight is 306 g/mol. The Bertz CT molecular complexity index is 847. The van der Waals surface area contributed by atoms with Gasteiger partial charge < -0.3 is 9.88 Å². The predicted molar refractivity (Wildman–Crippen MR) is 94.7 cm³/mol. The highest BCUT2D eigenvalue weighted by Crippen LogP contribution is 2.26. The summed E-state index contributed by atoms with van der Waals surface area (Å²) < 4.78 is 2.29. The number of nitrogens with zero attached hydrogens (tertiary/aromatic N) is 1. The molecule has 118 valence electrons. The van der Waals surface area contributed by atoms with Gasteiger partial charge in [0.1, 0.15) is 0 Å². The zero-order valence-corrected chi connectivity index (χ0v) is 13.9. The molecule has 3 nitrogen and oxygen atoms in total. The lowest BCUT2D eigenvalue weighted by Crippen LogP contribution is -2.22. The van der Waals surface area contributed by atoms with Gasteiger partial charge in [-0.3, -0.25) is 4.79 Å². The number of hydrogen-bond acceptors (Lipinski definition) is 1. The molecule has 0 aliphatic rings. The Balaban J connectivity index is 1.85. The maximum atomic E-state index is 12.4. The van der Waals surface area contributed by atoms with E-state index in [4.69, 9.17) is 0 Å². The van der Waals surface area contributed by atoms with Crippen LogP contribution in [0.5, 0.6) is 0 Å². The second kappa shape index (κ2) is 6.29. The number of hydrogen-bond donors (Lipinski definition) is 1. The van der Waals surface area contributed by atoms with Gasteiger partial charge in [-0.15, -0.1) is 0 Å². The van der Waals surface area contributed by atoms with E-state index >= 15 is 0 Å². The summed E-state index contributed by atoms with van der Waals surface area (Å²) >= 11 is 0. The van der Waals surface area contributed by atoms with Gasteiger partial charge in [0, 0.05) is 35.2 Å². The molecule has 0 saturated carbocycles. The summed E-state index contributed by atoms with van der Waals surface area (Å²) in [5.41, 5.74) is 5.53. The van der Waals surface area contributed by atoms with Gasteiger partial charge in [0.25, 0.3) is 5.91 Å². The van der Waals surface area contributed by atoms with E-state index in [0.29, 0.717) is 12.1 Å². The van der Waals surface area contributed by atoms with Crippen LogP contribution in [0, 0.1) is 13.8 Å². The molecule has 0 aliphatic carbocycles. The molecule has 3 aromatic rings. The maximum absolute atomic E-state index is 12.4. The molecule has 0 aliphatic heterocycles. The van der Waals surface area contributed by atoms with Crippen LogP contribution in [0.2, 0.25) is 0 Å². The first-order valence-corrected chi connectivity index (χ1v) is 8.03. The molecule has 0 atom stereocenters. The number of carbonyl (C=O) groups is 1. The summed E-state index contributed by atoms with van der Waals surface area (Å²) in [6, 6.07) is 15.9. The van der Waals surface area contributed by atoms with Crippen molar-refractivity contribution in [3.05, 3.63) is 70.9 Å². The van der Waals surface area contributed by atoms with Crippen molar-refractivity contribution in [1.29, 1.82) is 0 Å². The molecule has 1 aromatic heterocycles. The molecular weight excluding hydrogens is 284 g/mol. The van der Waals surface area contributed by atoms with Crippen LogP contribution in [-0.4, -0.2) is 10.5 Å². The second-order valence-corrected chi connectivity index (χ2v) is 5.85. The zero-order valence-electron chi connectivity index (χ0n) is 13.9. The highest BCUT2D eigenvalue weighted by atomic mass is 16.1. The monoisotopic (exact) mass is 306 g/mol. The van der Waals surface area contributed by atoms with Gasteiger partial charge in [0.05, 0.1) is 0 Å². The number of amides is 1. The Kier molecular flexibility index (Phi) is 4.20. The number of benzene rings is 2. The van der Waals surface area contributed by atoms with Gasteiger partial charge in [-0.1, -0.05) is 30.3 Å². The van der Waals surface area contributed by atoms with Crippen LogP contribution in [0.3, 0.4) is 0 Å². The number of fused-ring (bicyclic) bond motifs is 1. The first-order valence-electron chi connectivity index (χ1n) is 8.03. The molecule has 0 fully saturated rings. The Morgan fingerprint density at radius 2 is 1.83 bits per heavy atom. The molecule has 0 spiro atoms. The molecule has 1 N–H and O–H groups in total. The molecule has 3 rings (SSSR count). The van der Waals surface area contributed by atoms with Crippen LogP contribution >= 0.6 is 0 Å². The lowest BCUT2D eigenvalue weighted by Gasteiger charge is -2.07. The minimum atomic E-state index is -0.0305. The van der Waals surface area contributed by atoms with Crippen molar-refractivity contribution in [3.8, 4) is 0 Å². The molecule has 2 aromatic carbocycles. The third-order valence-electron chi connectivity index (χ3n) is 4.51. The van der Waals surface area contributed by atoms with Crippen molar-refractivity contribution in [2.75, 3.05) is 0 Å². The van der Waals surface area contributed by atoms with Gasteiger partial charge in [-0.25, -0.2) is 0 Å². The minimum Gasteiger partial charge on any atom is -0.348 e. The third-order valence-corrected chi connectivity index (χ3v) is 4.51. The first kappa shape index (κ1) is 15.3. The van der Waals surface area contributed by atoms with Gasteiger partial charge in [0.2, 0.25) is 0 Å². The molecule has 0 unspecified atom stereocenters. The SMILES string of the molecule is CCn1c(C)c(C)c2cc(C(=O)NCc3ccccc3)ccc21. The lowest BCUT2D eigenvalue weighted by atomic mass is 10.1. The first-order chi connectivity index (χ1) is 11.1. The fraction of sp³-hybridized carbons (Fsp3) is 0.250. The maximum Gasteiger partial charge on any atom is 0.251 e. The Morgan fingerprint density at radius 3 is 2.52 bits per heavy atom. The van der Waals surface area contributed by atoms with Crippen molar-refractivity contribution in [3.63, 3.8) is 0 Å². The minimum absolute atomic E-state index is 0.0305. The average Bonchev–Trinajstić information content (AvgIpc) is 2.84. The van der Waals surface area contributed by atoms with Gasteiger partial charge >= 0.3 is 0 Å². The van der Waals surface area contributed by atoms with E-state index in [1.165, 1.54) is 16.8 Å². The normalized spacial score (nSPS) is 10.9. The highest BCUT2D eigenvalue weighted by Gasteiger charge is 2.13. The summed E-state index contributed by atoms with van der Waals surface area (Å²) in [5, 5.41) is 4.15. The molecule has 0 radical (unpaired) electrons. The quantitative estimate of drug-likeness (QED) is 0.770. The van der Waals surface area contributed by atoms with E-state index in [1.807, 2.05) is 42.5 Å². The summed E-state index contributed by atoms with van der Waals surface area (Å²) in [4.78, 5) is 12.4. The number of rotatable bonds is 4. The van der Waals surface area contributed by atoms with E-state index in [2.05, 4.69) is 36.7 Å². The van der Waals surface area contributed by atoms with Crippen LogP contribution in [0.1, 0.15) is 34.1 Å². The number of carbonyl (C=O) groups excluding carboxylic acids is 1. The van der Waals surface area contributed by atoms with Crippen molar-refractivity contribution < 1.29 is 4.79 Å². The van der Waals surface area contributed by atoms with Crippen LogP contribution in [0.15, 0.2) is 48.5 Å². The summed E-state index contributed by atoms with van der Waals surface area (Å²) in [5.74, 6) is -0.0305. The second-order valence-electron chi connectivity index (χ2n) is 5.85. The third kappa shape index (κ3) is 2.87. The van der Waals surface area contributed by atoms with Crippen molar-refractivity contribution in [2.24, 2.45) is 0 Å². The van der Waals surface area contributed by atoms with Crippen LogP contribution in [0.25, 0.3) is 10.9 Å². The summed E-state index contributed by atoms with van der Waals surface area (Å²) in [6.07, 6.45) is 0. The fourth-order valence-corrected chi connectivity index (χ4v) is 3.08. The number of aromatic nitrogens is 1. The van der Waals surface area contributed by atoms with Crippen LogP contribution in [-0.2, 0) is 13.1 Å². The Labute approximate surface area is 136 Å². The van der Waals surface area contributed by atoms with Crippen molar-refractivity contribution in [2.45, 2.75) is 33.9 Å². The standard InChI is InChI=1S/C20H22N2O/c1-4-22-15(3)14(2)18-12-17(10-11-19(18)22)20(23)21-13-16-8-6-5-7-9-16/h5-12H,4,13H2,1-3H3,(H,21,23). The highest BCUT2D eigenvalue weighted by molar-refractivity contribution is 5.99. The number of nitrogens with one attached hydrogen (secondary N) is 1. The largest absolute Gasteiger partial charge is 0.348 e. The molecule has 1 heterocycles. The van der Waals surface area contributed by atoms with E-state index in [9.17, 15) is 4.79 Å². The van der Waals surface area contributed by atoms with E-state index < -0.39 is 0 Å². The fourth-order valence-electron chi connectivity index (χ4n) is 3.08. The smallest absolute Gasteiger partial charge is 0.251 e. The lowest BCUT2D eigenvalue weighted by molar-refractivity contribution is 0.0951. The van der Waals surface area contributed by atoms with E-state index in [0.717, 1.165) is 17.5 Å². The van der Waals surface area contributed by atoms with E-state index in [-0.39, 0.29) is 5.91 Å². The molecule has 0 bridgehead atoms. The topological polar surface area (TPSA) is 34.0 Å². The zero-order chi connectivity index (χ0) is 16.4. The van der Waals surface area contributed by atoms with Crippen LogP contribution in [0.4, 0.5) is 0 Å². The van der Waals surface area contributed by atoms with Crippen LogP contribution < -0.4 is 5.32 Å². The van der Waals surface area contributed by atoms with Crippen molar-refractivity contribution >= 4 is 16.8 Å². The Morgan fingerprint density at radius 1 is 1.09 bits per heavy atom. The number of aryl methyl sites for hydroxylation is 2. The predicted octanol–water partition coefficient (Wildman–Crippen LogP) is 4.21. The molecule has 3 heteroatoms.